The third kappa shape index (κ3) is 4.05. The third-order valence-electron chi connectivity index (χ3n) is 4.76. The predicted molar refractivity (Wildman–Crippen MR) is 115 cm³/mol. The third-order valence-corrected chi connectivity index (χ3v) is 5.69. The molecule has 0 saturated heterocycles. The Labute approximate surface area is 172 Å². The summed E-state index contributed by atoms with van der Waals surface area (Å²) in [5, 5.41) is 11.0. The van der Waals surface area contributed by atoms with Crippen molar-refractivity contribution in [2.45, 2.75) is 18.5 Å². The summed E-state index contributed by atoms with van der Waals surface area (Å²) in [7, 11) is 0. The Balaban J connectivity index is 1.60. The Morgan fingerprint density at radius 3 is 2.34 bits per heavy atom. The van der Waals surface area contributed by atoms with E-state index in [1.165, 1.54) is 5.01 Å². The van der Waals surface area contributed by atoms with Crippen LogP contribution in [0.5, 0.6) is 0 Å². The van der Waals surface area contributed by atoms with Crippen molar-refractivity contribution in [1.82, 2.24) is 5.32 Å². The number of rotatable bonds is 6. The molecular weight excluding hydrogens is 384 g/mol. The summed E-state index contributed by atoms with van der Waals surface area (Å²) in [6.45, 7) is 0. The summed E-state index contributed by atoms with van der Waals surface area (Å²) in [6.07, 6.45) is 0.169. The fourth-order valence-corrected chi connectivity index (χ4v) is 4.12. The molecular formula is C22H20N4O2S. The molecule has 0 radical (unpaired) electrons. The fourth-order valence-electron chi connectivity index (χ4n) is 3.32. The van der Waals surface area contributed by atoms with Crippen molar-refractivity contribution in [1.29, 1.82) is 0 Å². The number of hydrogen-bond acceptors (Lipinski definition) is 5. The van der Waals surface area contributed by atoms with Crippen molar-refractivity contribution in [3.05, 3.63) is 88.6 Å². The van der Waals surface area contributed by atoms with Crippen molar-refractivity contribution < 1.29 is 9.59 Å². The quantitative estimate of drug-likeness (QED) is 0.662. The van der Waals surface area contributed by atoms with Gasteiger partial charge in [-0.15, -0.1) is 11.3 Å². The molecule has 6 nitrogen and oxygen atoms in total. The highest BCUT2D eigenvalue weighted by molar-refractivity contribution is 7.10. The molecule has 2 aromatic carbocycles. The van der Waals surface area contributed by atoms with Gasteiger partial charge in [-0.1, -0.05) is 54.6 Å². The van der Waals surface area contributed by atoms with Crippen LogP contribution in [0.1, 0.15) is 22.9 Å². The molecule has 0 saturated carbocycles. The highest BCUT2D eigenvalue weighted by atomic mass is 32.1. The van der Waals surface area contributed by atoms with Crippen molar-refractivity contribution in [3.63, 3.8) is 0 Å². The molecule has 2 heterocycles. The lowest BCUT2D eigenvalue weighted by atomic mass is 10.0. The van der Waals surface area contributed by atoms with Crippen LogP contribution < -0.4 is 16.1 Å². The zero-order chi connectivity index (χ0) is 20.2. The number of nitrogens with zero attached hydrogens (tertiary/aromatic N) is 2. The van der Waals surface area contributed by atoms with Gasteiger partial charge in [-0.2, -0.15) is 5.10 Å². The molecule has 29 heavy (non-hydrogen) atoms. The molecule has 0 spiro atoms. The maximum absolute atomic E-state index is 13.1. The molecule has 2 amide bonds. The van der Waals surface area contributed by atoms with Gasteiger partial charge in [0.15, 0.2) is 0 Å². The standard InChI is InChI=1S/C22H20N4O2S/c23-21(27)18-14-17(25-26(18)16-10-5-2-6-11-16)22(28)24-20(19-12-7-13-29-19)15-8-3-1-4-9-15/h1-13,18,20H,14H2,(H2,23,27)(H,24,28)/t18-,20+/m1/s1. The SMILES string of the molecule is NC(=O)[C@H]1CC(C(=O)N[C@@H](c2ccccc2)c2cccs2)=NN1c1ccccc1. The summed E-state index contributed by atoms with van der Waals surface area (Å²) in [5.74, 6) is -0.824. The van der Waals surface area contributed by atoms with Crippen LogP contribution in [-0.4, -0.2) is 23.6 Å². The number of benzene rings is 2. The van der Waals surface area contributed by atoms with Crippen molar-refractivity contribution in [2.75, 3.05) is 5.01 Å². The van der Waals surface area contributed by atoms with Crippen LogP contribution in [0.3, 0.4) is 0 Å². The number of nitrogens with one attached hydrogen (secondary N) is 1. The molecule has 1 aliphatic heterocycles. The number of amides is 2. The number of anilines is 1. The molecule has 0 aliphatic carbocycles. The lowest BCUT2D eigenvalue weighted by Gasteiger charge is -2.20. The van der Waals surface area contributed by atoms with E-state index in [9.17, 15) is 9.59 Å². The minimum atomic E-state index is -0.685. The predicted octanol–water partition coefficient (Wildman–Crippen LogP) is 3.07. The van der Waals surface area contributed by atoms with Gasteiger partial charge in [0.25, 0.3) is 5.91 Å². The summed E-state index contributed by atoms with van der Waals surface area (Å²) >= 11 is 1.57. The Morgan fingerprint density at radius 1 is 1.03 bits per heavy atom. The van der Waals surface area contributed by atoms with Crippen molar-refractivity contribution in [2.24, 2.45) is 10.8 Å². The lowest BCUT2D eigenvalue weighted by Crippen LogP contribution is -2.40. The number of hydrogen-bond donors (Lipinski definition) is 2. The highest BCUT2D eigenvalue weighted by Gasteiger charge is 2.35. The smallest absolute Gasteiger partial charge is 0.268 e. The van der Waals surface area contributed by atoms with Crippen LogP contribution in [0.25, 0.3) is 0 Å². The van der Waals surface area contributed by atoms with E-state index in [-0.39, 0.29) is 24.1 Å². The van der Waals surface area contributed by atoms with E-state index in [0.29, 0.717) is 0 Å². The van der Waals surface area contributed by atoms with Crippen LogP contribution in [0, 0.1) is 0 Å². The first kappa shape index (κ1) is 18.9. The maximum atomic E-state index is 13.1. The first-order valence-corrected chi connectivity index (χ1v) is 10.1. The van der Waals surface area contributed by atoms with E-state index < -0.39 is 11.9 Å². The maximum Gasteiger partial charge on any atom is 0.268 e. The Bertz CT molecular complexity index is 1020. The van der Waals surface area contributed by atoms with Crippen LogP contribution in [0.2, 0.25) is 0 Å². The normalized spacial score (nSPS) is 16.9. The number of thiophene rings is 1. The Kier molecular flexibility index (Phi) is 5.39. The van der Waals surface area contributed by atoms with E-state index in [1.807, 2.05) is 78.2 Å². The minimum absolute atomic E-state index is 0.169. The van der Waals surface area contributed by atoms with Gasteiger partial charge in [0.2, 0.25) is 5.91 Å². The minimum Gasteiger partial charge on any atom is -0.368 e. The number of nitrogens with two attached hydrogens (primary N) is 1. The fraction of sp³-hybridized carbons (Fsp3) is 0.136. The summed E-state index contributed by atoms with van der Waals surface area (Å²) in [5.41, 5.74) is 7.56. The first-order chi connectivity index (χ1) is 14.1. The average Bonchev–Trinajstić information content (AvgIpc) is 3.43. The number of carbonyl (C=O) groups is 2. The van der Waals surface area contributed by atoms with Crippen molar-refractivity contribution in [3.8, 4) is 0 Å². The van der Waals surface area contributed by atoms with Crippen LogP contribution >= 0.6 is 11.3 Å². The van der Waals surface area contributed by atoms with Gasteiger partial charge in [-0.3, -0.25) is 14.6 Å². The van der Waals surface area contributed by atoms with Gasteiger partial charge in [0, 0.05) is 11.3 Å². The average molecular weight is 404 g/mol. The molecule has 1 aliphatic rings. The number of primary amides is 1. The van der Waals surface area contributed by atoms with Crippen LogP contribution in [0.4, 0.5) is 5.69 Å². The van der Waals surface area contributed by atoms with E-state index in [2.05, 4.69) is 10.4 Å². The molecule has 3 N–H and O–H groups in total. The first-order valence-electron chi connectivity index (χ1n) is 9.24. The molecule has 1 aromatic heterocycles. The second-order valence-corrected chi connectivity index (χ2v) is 7.66. The zero-order valence-electron chi connectivity index (χ0n) is 15.6. The largest absolute Gasteiger partial charge is 0.368 e. The molecule has 3 aromatic rings. The topological polar surface area (TPSA) is 87.8 Å². The van der Waals surface area contributed by atoms with Crippen molar-refractivity contribution >= 4 is 34.6 Å². The van der Waals surface area contributed by atoms with Gasteiger partial charge in [0.1, 0.15) is 11.8 Å². The van der Waals surface area contributed by atoms with Crippen LogP contribution in [0.15, 0.2) is 83.3 Å². The second kappa shape index (κ2) is 8.28. The molecule has 146 valence electrons. The molecule has 0 unspecified atom stereocenters. The van der Waals surface area contributed by atoms with Gasteiger partial charge < -0.3 is 11.1 Å². The van der Waals surface area contributed by atoms with E-state index >= 15 is 0 Å². The molecule has 2 atom stereocenters. The van der Waals surface area contributed by atoms with Gasteiger partial charge >= 0.3 is 0 Å². The number of para-hydroxylation sites is 1. The highest BCUT2D eigenvalue weighted by Crippen LogP contribution is 2.28. The monoisotopic (exact) mass is 404 g/mol. The number of hydrazone groups is 1. The van der Waals surface area contributed by atoms with E-state index in [0.717, 1.165) is 16.1 Å². The summed E-state index contributed by atoms with van der Waals surface area (Å²) in [6, 6.07) is 22.0. The molecule has 7 heteroatoms. The molecule has 4 rings (SSSR count). The Hall–Kier alpha value is -3.45. The molecule has 0 bridgehead atoms. The van der Waals surface area contributed by atoms with E-state index in [4.69, 9.17) is 5.73 Å². The van der Waals surface area contributed by atoms with Gasteiger partial charge in [-0.05, 0) is 29.1 Å². The van der Waals surface area contributed by atoms with Gasteiger partial charge in [-0.25, -0.2) is 0 Å². The van der Waals surface area contributed by atoms with Crippen LogP contribution in [-0.2, 0) is 9.59 Å². The van der Waals surface area contributed by atoms with Gasteiger partial charge in [0.05, 0.1) is 11.7 Å². The summed E-state index contributed by atoms with van der Waals surface area (Å²) in [4.78, 5) is 26.0. The second-order valence-electron chi connectivity index (χ2n) is 6.68. The molecule has 0 fully saturated rings. The van der Waals surface area contributed by atoms with E-state index in [1.54, 1.807) is 11.3 Å². The summed E-state index contributed by atoms with van der Waals surface area (Å²) < 4.78 is 0. The lowest BCUT2D eigenvalue weighted by molar-refractivity contribution is -0.119. The Morgan fingerprint density at radius 2 is 1.72 bits per heavy atom. The number of carbonyl (C=O) groups excluding carboxylic acids is 2. The zero-order valence-corrected chi connectivity index (χ0v) is 16.4.